The molecule has 0 saturated heterocycles. The first-order chi connectivity index (χ1) is 7.44. The first-order valence-corrected chi connectivity index (χ1v) is 7.10. The Balaban J connectivity index is 2.77. The first-order valence-electron chi connectivity index (χ1n) is 4.91. The molecule has 1 unspecified atom stereocenters. The number of hydrogen-bond donors (Lipinski definition) is 1. The maximum absolute atomic E-state index is 11.7. The average Bonchev–Trinajstić information content (AvgIpc) is 2.20. The molecule has 1 rings (SSSR count). The van der Waals surface area contributed by atoms with E-state index in [1.54, 1.807) is 32.3 Å². The largest absolute Gasteiger partial charge is 0.283 e. The molecule has 1 heterocycles. The lowest BCUT2D eigenvalue weighted by Gasteiger charge is -2.12. The highest BCUT2D eigenvalue weighted by Crippen LogP contribution is 2.15. The highest BCUT2D eigenvalue weighted by atomic mass is 35.5. The summed E-state index contributed by atoms with van der Waals surface area (Å²) in [5.74, 6) is 0.287. The molecule has 16 heavy (non-hydrogen) atoms. The monoisotopic (exact) mass is 262 g/mol. The number of sulfonamides is 1. The summed E-state index contributed by atoms with van der Waals surface area (Å²) in [5.41, 5.74) is 1.36. The number of aryl methyl sites for hydroxylation is 1. The van der Waals surface area contributed by atoms with Gasteiger partial charge in [0.15, 0.2) is 0 Å². The van der Waals surface area contributed by atoms with Crippen LogP contribution in [0.3, 0.4) is 0 Å². The van der Waals surface area contributed by atoms with Crippen molar-refractivity contribution in [1.82, 2.24) is 4.98 Å². The predicted octanol–water partition coefficient (Wildman–Crippen LogP) is 2.01. The standard InChI is InChI=1S/C10H15ClN2O2S/c1-8(5-11)7-16(14,15)13-10-3-4-12-6-9(10)2/h3-4,6,8H,5,7H2,1-2H3,(H,12,13). The Bertz CT molecular complexity index is 448. The lowest BCUT2D eigenvalue weighted by Crippen LogP contribution is -2.22. The van der Waals surface area contributed by atoms with Gasteiger partial charge in [-0.05, 0) is 24.5 Å². The van der Waals surface area contributed by atoms with E-state index >= 15 is 0 Å². The molecule has 0 aliphatic carbocycles. The first kappa shape index (κ1) is 13.3. The molecule has 1 N–H and O–H groups in total. The molecule has 0 spiro atoms. The molecular formula is C10H15ClN2O2S. The minimum absolute atomic E-state index is 0.0261. The van der Waals surface area contributed by atoms with Gasteiger partial charge in [-0.25, -0.2) is 8.42 Å². The zero-order valence-electron chi connectivity index (χ0n) is 9.27. The fourth-order valence-corrected chi connectivity index (χ4v) is 2.97. The van der Waals surface area contributed by atoms with Crippen molar-refractivity contribution in [3.8, 4) is 0 Å². The molecule has 0 saturated carbocycles. The van der Waals surface area contributed by atoms with Crippen molar-refractivity contribution in [2.75, 3.05) is 16.4 Å². The molecule has 0 radical (unpaired) electrons. The molecule has 0 aromatic carbocycles. The predicted molar refractivity (Wildman–Crippen MR) is 66.3 cm³/mol. The second-order valence-corrected chi connectivity index (χ2v) is 5.91. The van der Waals surface area contributed by atoms with Crippen molar-refractivity contribution < 1.29 is 8.42 Å². The van der Waals surface area contributed by atoms with Crippen molar-refractivity contribution >= 4 is 27.3 Å². The van der Waals surface area contributed by atoms with Gasteiger partial charge < -0.3 is 0 Å². The van der Waals surface area contributed by atoms with Gasteiger partial charge in [0.05, 0.1) is 11.4 Å². The molecule has 1 aromatic heterocycles. The van der Waals surface area contributed by atoms with E-state index < -0.39 is 10.0 Å². The quantitative estimate of drug-likeness (QED) is 0.826. The summed E-state index contributed by atoms with van der Waals surface area (Å²) >= 11 is 5.59. The summed E-state index contributed by atoms with van der Waals surface area (Å²) < 4.78 is 26.0. The van der Waals surface area contributed by atoms with Crippen LogP contribution in [0.5, 0.6) is 0 Å². The van der Waals surface area contributed by atoms with Gasteiger partial charge in [0.25, 0.3) is 0 Å². The minimum atomic E-state index is -3.33. The van der Waals surface area contributed by atoms with Gasteiger partial charge in [-0.2, -0.15) is 0 Å². The van der Waals surface area contributed by atoms with Crippen molar-refractivity contribution in [3.63, 3.8) is 0 Å². The second kappa shape index (κ2) is 5.50. The van der Waals surface area contributed by atoms with Crippen LogP contribution in [0.1, 0.15) is 12.5 Å². The van der Waals surface area contributed by atoms with E-state index in [-0.39, 0.29) is 11.7 Å². The van der Waals surface area contributed by atoms with Gasteiger partial charge in [-0.3, -0.25) is 9.71 Å². The van der Waals surface area contributed by atoms with E-state index in [9.17, 15) is 8.42 Å². The third-order valence-electron chi connectivity index (χ3n) is 2.05. The van der Waals surface area contributed by atoms with E-state index in [2.05, 4.69) is 9.71 Å². The Morgan fingerprint density at radius 1 is 1.56 bits per heavy atom. The Kier molecular flexibility index (Phi) is 4.56. The lowest BCUT2D eigenvalue weighted by atomic mass is 10.3. The number of nitrogens with one attached hydrogen (secondary N) is 1. The van der Waals surface area contributed by atoms with Crippen molar-refractivity contribution in [2.24, 2.45) is 5.92 Å². The summed E-state index contributed by atoms with van der Waals surface area (Å²) in [4.78, 5) is 3.90. The van der Waals surface area contributed by atoms with Crippen molar-refractivity contribution in [1.29, 1.82) is 0 Å². The number of anilines is 1. The van der Waals surface area contributed by atoms with Crippen LogP contribution < -0.4 is 4.72 Å². The molecule has 0 bridgehead atoms. The van der Waals surface area contributed by atoms with E-state index in [1.165, 1.54) is 0 Å². The van der Waals surface area contributed by atoms with Crippen LogP contribution in [0.2, 0.25) is 0 Å². The molecule has 1 aromatic rings. The fourth-order valence-electron chi connectivity index (χ4n) is 1.22. The molecule has 0 aliphatic heterocycles. The highest BCUT2D eigenvalue weighted by molar-refractivity contribution is 7.92. The number of nitrogens with zero attached hydrogens (tertiary/aromatic N) is 1. The molecule has 0 fully saturated rings. The van der Waals surface area contributed by atoms with E-state index in [0.717, 1.165) is 5.56 Å². The average molecular weight is 263 g/mol. The Morgan fingerprint density at radius 2 is 2.25 bits per heavy atom. The van der Waals surface area contributed by atoms with Gasteiger partial charge in [0.1, 0.15) is 0 Å². The number of alkyl halides is 1. The molecular weight excluding hydrogens is 248 g/mol. The summed E-state index contributed by atoms with van der Waals surface area (Å²) in [6.07, 6.45) is 3.17. The van der Waals surface area contributed by atoms with Crippen LogP contribution in [0.25, 0.3) is 0 Å². The minimum Gasteiger partial charge on any atom is -0.283 e. The highest BCUT2D eigenvalue weighted by Gasteiger charge is 2.15. The molecule has 0 aliphatic rings. The molecule has 1 atom stereocenters. The van der Waals surface area contributed by atoms with Crippen LogP contribution in [0.15, 0.2) is 18.5 Å². The van der Waals surface area contributed by atoms with E-state index in [4.69, 9.17) is 11.6 Å². The summed E-state index contributed by atoms with van der Waals surface area (Å²) in [5, 5.41) is 0. The molecule has 0 amide bonds. The Labute approximate surface area is 101 Å². The molecule has 4 nitrogen and oxygen atoms in total. The molecule has 6 heteroatoms. The maximum atomic E-state index is 11.7. The van der Waals surface area contributed by atoms with Crippen LogP contribution >= 0.6 is 11.6 Å². The van der Waals surface area contributed by atoms with E-state index in [1.807, 2.05) is 0 Å². The Hall–Kier alpha value is -0.810. The number of aromatic nitrogens is 1. The van der Waals surface area contributed by atoms with Crippen LogP contribution in [-0.4, -0.2) is 25.0 Å². The zero-order chi connectivity index (χ0) is 12.2. The fraction of sp³-hybridized carbons (Fsp3) is 0.500. The summed E-state index contributed by atoms with van der Waals surface area (Å²) in [6, 6.07) is 1.64. The molecule has 90 valence electrons. The zero-order valence-corrected chi connectivity index (χ0v) is 10.8. The topological polar surface area (TPSA) is 59.1 Å². The SMILES string of the molecule is Cc1cnccc1NS(=O)(=O)CC(C)CCl. The summed E-state index contributed by atoms with van der Waals surface area (Å²) in [6.45, 7) is 3.60. The third-order valence-corrected chi connectivity index (χ3v) is 4.12. The number of halogens is 1. The van der Waals surface area contributed by atoms with Crippen LogP contribution in [0.4, 0.5) is 5.69 Å². The number of hydrogen-bond acceptors (Lipinski definition) is 3. The van der Waals surface area contributed by atoms with Gasteiger partial charge in [-0.15, -0.1) is 11.6 Å². The maximum Gasteiger partial charge on any atom is 0.233 e. The number of pyridine rings is 1. The Morgan fingerprint density at radius 3 is 2.81 bits per heavy atom. The third kappa shape index (κ3) is 3.98. The van der Waals surface area contributed by atoms with Crippen molar-refractivity contribution in [3.05, 3.63) is 24.0 Å². The smallest absolute Gasteiger partial charge is 0.233 e. The van der Waals surface area contributed by atoms with E-state index in [0.29, 0.717) is 11.6 Å². The van der Waals surface area contributed by atoms with Gasteiger partial charge in [0.2, 0.25) is 10.0 Å². The number of rotatable bonds is 5. The van der Waals surface area contributed by atoms with Gasteiger partial charge >= 0.3 is 0 Å². The van der Waals surface area contributed by atoms with Crippen molar-refractivity contribution in [2.45, 2.75) is 13.8 Å². The second-order valence-electron chi connectivity index (χ2n) is 3.83. The normalized spacial score (nSPS) is 13.4. The van der Waals surface area contributed by atoms with Gasteiger partial charge in [0, 0.05) is 18.3 Å². The van der Waals surface area contributed by atoms with Crippen LogP contribution in [-0.2, 0) is 10.0 Å². The lowest BCUT2D eigenvalue weighted by molar-refractivity contribution is 0.588. The summed E-state index contributed by atoms with van der Waals surface area (Å²) in [7, 11) is -3.33. The van der Waals surface area contributed by atoms with Crippen LogP contribution in [0, 0.1) is 12.8 Å². The van der Waals surface area contributed by atoms with Gasteiger partial charge in [-0.1, -0.05) is 6.92 Å².